The molecular formula is C20H13F2N3O3S. The third-order valence-corrected chi connectivity index (χ3v) is 5.16. The van der Waals surface area contributed by atoms with Gasteiger partial charge in [0.25, 0.3) is 0 Å². The number of fused-ring (bicyclic) bond motifs is 1. The minimum absolute atomic E-state index is 0.222. The number of carbonyl (C=O) groups excluding carboxylic acids is 1. The number of benzene rings is 2. The lowest BCUT2D eigenvalue weighted by Gasteiger charge is -2.07. The van der Waals surface area contributed by atoms with Gasteiger partial charge >= 0.3 is 4.87 Å². The molecule has 1 aliphatic rings. The van der Waals surface area contributed by atoms with E-state index in [1.165, 1.54) is 0 Å². The van der Waals surface area contributed by atoms with Gasteiger partial charge in [-0.15, -0.1) is 0 Å². The molecule has 2 N–H and O–H groups in total. The summed E-state index contributed by atoms with van der Waals surface area (Å²) in [6, 6.07) is 10.1. The Morgan fingerprint density at radius 2 is 2.03 bits per heavy atom. The molecule has 146 valence electrons. The van der Waals surface area contributed by atoms with Crippen LogP contribution >= 0.6 is 11.3 Å². The Kier molecular flexibility index (Phi) is 4.81. The maximum atomic E-state index is 13.7. The van der Waals surface area contributed by atoms with Crippen LogP contribution in [0.3, 0.4) is 0 Å². The first-order chi connectivity index (χ1) is 13.9. The van der Waals surface area contributed by atoms with Gasteiger partial charge in [-0.25, -0.2) is 8.78 Å². The predicted molar refractivity (Wildman–Crippen MR) is 108 cm³/mol. The quantitative estimate of drug-likeness (QED) is 0.683. The van der Waals surface area contributed by atoms with Crippen molar-refractivity contribution in [2.24, 2.45) is 4.99 Å². The number of aliphatic imine (C=N–C) groups is 1. The third kappa shape index (κ3) is 3.72. The highest BCUT2D eigenvalue weighted by Crippen LogP contribution is 2.34. The van der Waals surface area contributed by atoms with Crippen LogP contribution in [0.2, 0.25) is 0 Å². The van der Waals surface area contributed by atoms with Gasteiger partial charge in [0.05, 0.1) is 16.3 Å². The van der Waals surface area contributed by atoms with E-state index in [0.29, 0.717) is 6.07 Å². The maximum Gasteiger partial charge on any atom is 0.311 e. The number of aromatic nitrogens is 1. The number of aromatic hydroxyl groups is 1. The average molecular weight is 413 g/mol. The van der Waals surface area contributed by atoms with Crippen molar-refractivity contribution in [2.75, 3.05) is 5.32 Å². The summed E-state index contributed by atoms with van der Waals surface area (Å²) in [7, 11) is 0. The van der Waals surface area contributed by atoms with Crippen molar-refractivity contribution in [1.82, 2.24) is 4.57 Å². The van der Waals surface area contributed by atoms with E-state index in [4.69, 9.17) is 0 Å². The standard InChI is InChI=1S/C20H13F2N3O3S/c21-12-5-6-16(14(22)8-12)24-18(26)10-25-19(27)17(29-20(25)28)7-11-9-23-15-4-2-1-3-13(11)15/h1-9,27H,10H2,(H,24,26). The number of rotatable bonds is 4. The van der Waals surface area contributed by atoms with E-state index in [1.807, 2.05) is 24.3 Å². The van der Waals surface area contributed by atoms with Crippen LogP contribution in [0.4, 0.5) is 20.2 Å². The molecule has 0 aliphatic carbocycles. The molecule has 0 saturated carbocycles. The molecule has 0 bridgehead atoms. The van der Waals surface area contributed by atoms with E-state index in [9.17, 15) is 23.5 Å². The fourth-order valence-electron chi connectivity index (χ4n) is 2.87. The summed E-state index contributed by atoms with van der Waals surface area (Å²) in [5.41, 5.74) is 2.15. The molecular weight excluding hydrogens is 400 g/mol. The number of thiazole rings is 1. The Hall–Kier alpha value is -3.59. The molecule has 0 fully saturated rings. The summed E-state index contributed by atoms with van der Waals surface area (Å²) in [6.07, 6.45) is 3.24. The normalized spacial score (nSPS) is 13.7. The van der Waals surface area contributed by atoms with E-state index < -0.39 is 29.0 Å². The number of hydrogen-bond donors (Lipinski definition) is 2. The maximum absolute atomic E-state index is 13.7. The number of anilines is 1. The van der Waals surface area contributed by atoms with E-state index in [-0.39, 0.29) is 16.4 Å². The molecule has 2 heterocycles. The lowest BCUT2D eigenvalue weighted by atomic mass is 10.1. The summed E-state index contributed by atoms with van der Waals surface area (Å²) < 4.78 is 27.5. The van der Waals surface area contributed by atoms with Crippen molar-refractivity contribution >= 4 is 46.5 Å². The average Bonchev–Trinajstić information content (AvgIpc) is 3.21. The number of hydrogen-bond acceptors (Lipinski definition) is 5. The minimum atomic E-state index is -0.940. The number of nitrogens with one attached hydrogen (secondary N) is 1. The second kappa shape index (κ2) is 7.44. The summed E-state index contributed by atoms with van der Waals surface area (Å²) in [5, 5.41) is 12.7. The molecule has 3 aromatic rings. The second-order valence-electron chi connectivity index (χ2n) is 6.19. The highest BCUT2D eigenvalue weighted by molar-refractivity contribution is 7.10. The van der Waals surface area contributed by atoms with Gasteiger partial charge in [0.1, 0.15) is 18.2 Å². The van der Waals surface area contributed by atoms with Crippen LogP contribution < -0.4 is 10.2 Å². The molecule has 0 spiro atoms. The van der Waals surface area contributed by atoms with Crippen LogP contribution in [0, 0.1) is 11.6 Å². The first kappa shape index (κ1) is 18.8. The minimum Gasteiger partial charge on any atom is -0.493 e. The molecule has 0 radical (unpaired) electrons. The zero-order valence-electron chi connectivity index (χ0n) is 14.7. The van der Waals surface area contributed by atoms with Gasteiger partial charge < -0.3 is 10.4 Å². The van der Waals surface area contributed by atoms with Gasteiger partial charge in [0, 0.05) is 23.4 Å². The fourth-order valence-corrected chi connectivity index (χ4v) is 3.70. The van der Waals surface area contributed by atoms with Crippen molar-refractivity contribution in [2.45, 2.75) is 6.54 Å². The van der Waals surface area contributed by atoms with Crippen molar-refractivity contribution in [3.8, 4) is 5.88 Å². The van der Waals surface area contributed by atoms with Crippen molar-refractivity contribution in [3.63, 3.8) is 0 Å². The van der Waals surface area contributed by atoms with E-state index in [2.05, 4.69) is 10.3 Å². The summed E-state index contributed by atoms with van der Waals surface area (Å²) >= 11 is 0.772. The molecule has 0 atom stereocenters. The third-order valence-electron chi connectivity index (χ3n) is 4.25. The van der Waals surface area contributed by atoms with Crippen LogP contribution in [0.5, 0.6) is 5.88 Å². The van der Waals surface area contributed by atoms with E-state index in [1.54, 1.807) is 12.3 Å². The Bertz CT molecular complexity index is 1240. The molecule has 1 amide bonds. The van der Waals surface area contributed by atoms with Gasteiger partial charge in [-0.3, -0.25) is 19.1 Å². The van der Waals surface area contributed by atoms with Gasteiger partial charge in [0.2, 0.25) is 11.8 Å². The highest BCUT2D eigenvalue weighted by Gasteiger charge is 2.18. The molecule has 29 heavy (non-hydrogen) atoms. The lowest BCUT2D eigenvalue weighted by molar-refractivity contribution is -0.116. The lowest BCUT2D eigenvalue weighted by Crippen LogP contribution is -2.24. The SMILES string of the molecule is O=C(Cn1c(O)c(C=C2C=Nc3ccccc32)sc1=O)Nc1ccc(F)cc1F. The molecule has 0 unspecified atom stereocenters. The summed E-state index contributed by atoms with van der Waals surface area (Å²) in [5.74, 6) is -2.83. The Morgan fingerprint density at radius 3 is 2.83 bits per heavy atom. The second-order valence-corrected chi connectivity index (χ2v) is 7.18. The van der Waals surface area contributed by atoms with Crippen molar-refractivity contribution in [1.29, 1.82) is 0 Å². The van der Waals surface area contributed by atoms with Gasteiger partial charge in [-0.2, -0.15) is 0 Å². The molecule has 2 aromatic carbocycles. The summed E-state index contributed by atoms with van der Waals surface area (Å²) in [4.78, 5) is 28.4. The number of amides is 1. The van der Waals surface area contributed by atoms with Gasteiger partial charge in [-0.1, -0.05) is 29.5 Å². The van der Waals surface area contributed by atoms with Crippen LogP contribution in [0.25, 0.3) is 11.6 Å². The zero-order chi connectivity index (χ0) is 20.5. The molecule has 4 rings (SSSR count). The van der Waals surface area contributed by atoms with Crippen LogP contribution in [0.15, 0.2) is 52.3 Å². The van der Waals surface area contributed by atoms with Crippen LogP contribution in [-0.2, 0) is 11.3 Å². The van der Waals surface area contributed by atoms with Crippen LogP contribution in [-0.4, -0.2) is 21.8 Å². The zero-order valence-corrected chi connectivity index (χ0v) is 15.5. The molecule has 1 aromatic heterocycles. The Labute approximate surface area is 167 Å². The van der Waals surface area contributed by atoms with Crippen molar-refractivity contribution in [3.05, 3.63) is 74.2 Å². The molecule has 1 aliphatic heterocycles. The van der Waals surface area contributed by atoms with Gasteiger partial charge in [-0.05, 0) is 24.3 Å². The summed E-state index contributed by atoms with van der Waals surface area (Å²) in [6.45, 7) is -0.522. The van der Waals surface area contributed by atoms with Crippen LogP contribution in [0.1, 0.15) is 10.4 Å². The first-order valence-corrected chi connectivity index (χ1v) is 9.26. The number of halogens is 2. The molecule has 0 saturated heterocycles. The smallest absolute Gasteiger partial charge is 0.311 e. The highest BCUT2D eigenvalue weighted by atomic mass is 32.1. The van der Waals surface area contributed by atoms with Gasteiger partial charge in [0.15, 0.2) is 0 Å². The number of para-hydroxylation sites is 1. The van der Waals surface area contributed by atoms with E-state index in [0.717, 1.165) is 44.9 Å². The largest absolute Gasteiger partial charge is 0.493 e. The topological polar surface area (TPSA) is 83.7 Å². The monoisotopic (exact) mass is 413 g/mol. The van der Waals surface area contributed by atoms with E-state index >= 15 is 0 Å². The molecule has 9 heteroatoms. The Balaban J connectivity index is 1.57. The first-order valence-electron chi connectivity index (χ1n) is 8.45. The number of carbonyl (C=O) groups is 1. The fraction of sp³-hybridized carbons (Fsp3) is 0.0500. The number of nitrogens with zero attached hydrogens (tertiary/aromatic N) is 2. The molecule has 6 nitrogen and oxygen atoms in total. The van der Waals surface area contributed by atoms with Crippen molar-refractivity contribution < 1.29 is 18.7 Å². The predicted octanol–water partition coefficient (Wildman–Crippen LogP) is 3.79. The number of allylic oxidation sites excluding steroid dienone is 1. The Morgan fingerprint density at radius 1 is 1.24 bits per heavy atom.